The van der Waals surface area contributed by atoms with Crippen LogP contribution in [0, 0.1) is 0 Å². The summed E-state index contributed by atoms with van der Waals surface area (Å²) in [6, 6.07) is 5.20. The Kier molecular flexibility index (Phi) is 4.19. The molecule has 106 valence electrons. The molecular weight excluding hydrogens is 276 g/mol. The molecule has 1 aromatic carbocycles. The first kappa shape index (κ1) is 14.3. The maximum atomic E-state index is 12.2. The topological polar surface area (TPSA) is 88.3 Å². The molecule has 20 heavy (non-hydrogen) atoms. The number of amides is 2. The first-order valence-electron chi connectivity index (χ1n) is 6.19. The van der Waals surface area contributed by atoms with Gasteiger partial charge in [0.1, 0.15) is 0 Å². The summed E-state index contributed by atoms with van der Waals surface area (Å²) in [5, 5.41) is 3.13. The Morgan fingerprint density at radius 3 is 2.90 bits per heavy atom. The normalized spacial score (nSPS) is 10.5. The fourth-order valence-corrected chi connectivity index (χ4v) is 2.61. The van der Waals surface area contributed by atoms with Gasteiger partial charge in [-0.05, 0) is 25.1 Å². The third kappa shape index (κ3) is 3.05. The summed E-state index contributed by atoms with van der Waals surface area (Å²) in [5.41, 5.74) is 6.93. The number of likely N-dealkylation sites (N-methyl/N-ethyl adjacent to an activating group) is 2. The van der Waals surface area contributed by atoms with E-state index >= 15 is 0 Å². The van der Waals surface area contributed by atoms with Gasteiger partial charge in [0.25, 0.3) is 5.91 Å². The lowest BCUT2D eigenvalue weighted by molar-refractivity contribution is -0.121. The SMILES string of the molecule is CCNC(=O)CN(C)C(=O)c1ccc2nc(N)sc2c1. The average molecular weight is 292 g/mol. The number of nitrogen functional groups attached to an aromatic ring is 1. The molecule has 0 aliphatic heterocycles. The lowest BCUT2D eigenvalue weighted by Gasteiger charge is -2.16. The van der Waals surface area contributed by atoms with E-state index in [0.29, 0.717) is 17.2 Å². The molecular formula is C13H16N4O2S. The fraction of sp³-hybridized carbons (Fsp3) is 0.308. The second kappa shape index (κ2) is 5.87. The van der Waals surface area contributed by atoms with Crippen LogP contribution in [0.15, 0.2) is 18.2 Å². The van der Waals surface area contributed by atoms with Crippen molar-refractivity contribution in [3.63, 3.8) is 0 Å². The van der Waals surface area contributed by atoms with Crippen LogP contribution in [0.1, 0.15) is 17.3 Å². The molecule has 1 heterocycles. The van der Waals surface area contributed by atoms with E-state index in [0.717, 1.165) is 10.2 Å². The van der Waals surface area contributed by atoms with Gasteiger partial charge in [0.15, 0.2) is 5.13 Å². The largest absolute Gasteiger partial charge is 0.375 e. The van der Waals surface area contributed by atoms with E-state index in [9.17, 15) is 9.59 Å². The number of carbonyl (C=O) groups excluding carboxylic acids is 2. The van der Waals surface area contributed by atoms with E-state index in [1.54, 1.807) is 25.2 Å². The zero-order chi connectivity index (χ0) is 14.7. The highest BCUT2D eigenvalue weighted by atomic mass is 32.1. The second-order valence-corrected chi connectivity index (χ2v) is 5.41. The molecule has 2 amide bonds. The summed E-state index contributed by atoms with van der Waals surface area (Å²) in [7, 11) is 1.60. The molecule has 0 spiro atoms. The molecule has 0 bridgehead atoms. The average Bonchev–Trinajstić information content (AvgIpc) is 2.76. The Bertz CT molecular complexity index is 653. The molecule has 0 radical (unpaired) electrons. The van der Waals surface area contributed by atoms with Gasteiger partial charge in [-0.3, -0.25) is 9.59 Å². The van der Waals surface area contributed by atoms with Crippen LogP contribution in [0.5, 0.6) is 0 Å². The van der Waals surface area contributed by atoms with Gasteiger partial charge < -0.3 is 16.0 Å². The number of nitrogens with one attached hydrogen (secondary N) is 1. The fourth-order valence-electron chi connectivity index (χ4n) is 1.84. The number of nitrogens with zero attached hydrogens (tertiary/aromatic N) is 2. The van der Waals surface area contributed by atoms with E-state index in [2.05, 4.69) is 10.3 Å². The number of hydrogen-bond donors (Lipinski definition) is 2. The van der Waals surface area contributed by atoms with Crippen LogP contribution < -0.4 is 11.1 Å². The first-order chi connectivity index (χ1) is 9.51. The van der Waals surface area contributed by atoms with Crippen molar-refractivity contribution in [2.24, 2.45) is 0 Å². The van der Waals surface area contributed by atoms with Crippen LogP contribution in [-0.4, -0.2) is 41.8 Å². The van der Waals surface area contributed by atoms with Crippen LogP contribution in [0.3, 0.4) is 0 Å². The summed E-state index contributed by atoms with van der Waals surface area (Å²) in [6.07, 6.45) is 0. The minimum Gasteiger partial charge on any atom is -0.375 e. The number of aromatic nitrogens is 1. The van der Waals surface area contributed by atoms with Crippen LogP contribution in [0.4, 0.5) is 5.13 Å². The quantitative estimate of drug-likeness (QED) is 0.883. The Morgan fingerprint density at radius 2 is 2.20 bits per heavy atom. The van der Waals surface area contributed by atoms with E-state index in [1.165, 1.54) is 16.2 Å². The van der Waals surface area contributed by atoms with Crippen molar-refractivity contribution in [2.45, 2.75) is 6.92 Å². The molecule has 7 heteroatoms. The Balaban J connectivity index is 2.15. The third-order valence-electron chi connectivity index (χ3n) is 2.75. The summed E-state index contributed by atoms with van der Waals surface area (Å²) < 4.78 is 0.861. The Hall–Kier alpha value is -2.15. The Labute approximate surface area is 120 Å². The Morgan fingerprint density at radius 1 is 1.45 bits per heavy atom. The number of anilines is 1. The number of fused-ring (bicyclic) bond motifs is 1. The predicted molar refractivity (Wildman–Crippen MR) is 79.7 cm³/mol. The van der Waals surface area contributed by atoms with Crippen molar-refractivity contribution in [3.8, 4) is 0 Å². The van der Waals surface area contributed by atoms with Crippen LogP contribution in [0.2, 0.25) is 0 Å². The van der Waals surface area contributed by atoms with Gasteiger partial charge in [0.05, 0.1) is 16.8 Å². The molecule has 3 N–H and O–H groups in total. The van der Waals surface area contributed by atoms with E-state index in [1.807, 2.05) is 6.92 Å². The van der Waals surface area contributed by atoms with Crippen molar-refractivity contribution in [3.05, 3.63) is 23.8 Å². The van der Waals surface area contributed by atoms with Gasteiger partial charge in [-0.2, -0.15) is 0 Å². The van der Waals surface area contributed by atoms with E-state index < -0.39 is 0 Å². The zero-order valence-corrected chi connectivity index (χ0v) is 12.2. The smallest absolute Gasteiger partial charge is 0.254 e. The van der Waals surface area contributed by atoms with Crippen LogP contribution in [-0.2, 0) is 4.79 Å². The molecule has 1 aromatic heterocycles. The summed E-state index contributed by atoms with van der Waals surface area (Å²) >= 11 is 1.33. The molecule has 2 rings (SSSR count). The molecule has 0 fully saturated rings. The standard InChI is InChI=1S/C13H16N4O2S/c1-3-15-11(18)7-17(2)12(19)8-4-5-9-10(6-8)20-13(14)16-9/h4-6H,3,7H2,1-2H3,(H2,14,16)(H,15,18). The summed E-state index contributed by atoms with van der Waals surface area (Å²) in [6.45, 7) is 2.42. The molecule has 0 saturated carbocycles. The van der Waals surface area contributed by atoms with E-state index in [4.69, 9.17) is 5.73 Å². The number of thiazole rings is 1. The number of carbonyl (C=O) groups is 2. The van der Waals surface area contributed by atoms with E-state index in [-0.39, 0.29) is 18.4 Å². The maximum absolute atomic E-state index is 12.2. The highest BCUT2D eigenvalue weighted by Gasteiger charge is 2.15. The highest BCUT2D eigenvalue weighted by Crippen LogP contribution is 2.24. The maximum Gasteiger partial charge on any atom is 0.254 e. The second-order valence-electron chi connectivity index (χ2n) is 4.35. The van der Waals surface area contributed by atoms with Gasteiger partial charge in [0, 0.05) is 19.2 Å². The van der Waals surface area contributed by atoms with Crippen molar-refractivity contribution in [2.75, 3.05) is 25.9 Å². The summed E-state index contributed by atoms with van der Waals surface area (Å²) in [4.78, 5) is 29.2. The monoisotopic (exact) mass is 292 g/mol. The molecule has 2 aromatic rings. The lowest BCUT2D eigenvalue weighted by atomic mass is 10.2. The minimum absolute atomic E-state index is 0.0372. The van der Waals surface area contributed by atoms with Crippen LogP contribution >= 0.6 is 11.3 Å². The molecule has 0 unspecified atom stereocenters. The minimum atomic E-state index is -0.204. The van der Waals surface area contributed by atoms with Crippen molar-refractivity contribution >= 4 is 38.5 Å². The number of rotatable bonds is 4. The molecule has 6 nitrogen and oxygen atoms in total. The summed E-state index contributed by atoms with van der Waals surface area (Å²) in [5.74, 6) is -0.378. The lowest BCUT2D eigenvalue weighted by Crippen LogP contribution is -2.38. The highest BCUT2D eigenvalue weighted by molar-refractivity contribution is 7.22. The number of benzene rings is 1. The van der Waals surface area contributed by atoms with Gasteiger partial charge in [0.2, 0.25) is 5.91 Å². The zero-order valence-electron chi connectivity index (χ0n) is 11.3. The van der Waals surface area contributed by atoms with Gasteiger partial charge >= 0.3 is 0 Å². The van der Waals surface area contributed by atoms with Gasteiger partial charge in [-0.15, -0.1) is 0 Å². The number of hydrogen-bond acceptors (Lipinski definition) is 5. The number of nitrogens with two attached hydrogens (primary N) is 1. The molecule has 0 aliphatic rings. The van der Waals surface area contributed by atoms with Crippen LogP contribution in [0.25, 0.3) is 10.2 Å². The molecule has 0 aliphatic carbocycles. The van der Waals surface area contributed by atoms with Gasteiger partial charge in [-0.25, -0.2) is 4.98 Å². The first-order valence-corrected chi connectivity index (χ1v) is 7.01. The third-order valence-corrected chi connectivity index (χ3v) is 3.60. The van der Waals surface area contributed by atoms with Crippen molar-refractivity contribution in [1.82, 2.24) is 15.2 Å². The van der Waals surface area contributed by atoms with Gasteiger partial charge in [-0.1, -0.05) is 11.3 Å². The predicted octanol–water partition coefficient (Wildman–Crippen LogP) is 1.09. The van der Waals surface area contributed by atoms with Crippen molar-refractivity contribution in [1.29, 1.82) is 0 Å². The van der Waals surface area contributed by atoms with Crippen molar-refractivity contribution < 1.29 is 9.59 Å². The molecule has 0 atom stereocenters. The molecule has 0 saturated heterocycles.